The van der Waals surface area contributed by atoms with Crippen LogP contribution in [0.25, 0.3) is 0 Å². The molecule has 3 aliphatic rings. The summed E-state index contributed by atoms with van der Waals surface area (Å²) in [6.07, 6.45) is -0.0491. The first-order chi connectivity index (χ1) is 19.5. The Hall–Kier alpha value is -2.92. The number of ether oxygens (including phenoxy) is 5. The van der Waals surface area contributed by atoms with E-state index in [-0.39, 0.29) is 24.3 Å². The fraction of sp³-hybridized carbons (Fsp3) is 0.742. The Morgan fingerprint density at radius 2 is 1.74 bits per heavy atom. The average Bonchev–Trinajstić information content (AvgIpc) is 3.52. The van der Waals surface area contributed by atoms with E-state index in [1.165, 1.54) is 25.5 Å². The predicted octanol–water partition coefficient (Wildman–Crippen LogP) is 3.99. The molecule has 1 saturated heterocycles. The van der Waals surface area contributed by atoms with E-state index in [1.807, 2.05) is 20.8 Å². The largest absolute Gasteiger partial charge is 0.472 e. The van der Waals surface area contributed by atoms with Gasteiger partial charge in [0.05, 0.1) is 34.9 Å². The van der Waals surface area contributed by atoms with Gasteiger partial charge in [-0.15, -0.1) is 0 Å². The molecule has 234 valence electrons. The summed E-state index contributed by atoms with van der Waals surface area (Å²) in [6.45, 7) is 13.1. The molecule has 1 spiro atoms. The van der Waals surface area contributed by atoms with Crippen LogP contribution in [-0.2, 0) is 38.1 Å². The van der Waals surface area contributed by atoms with Crippen LogP contribution in [0.3, 0.4) is 0 Å². The molecule has 2 bridgehead atoms. The fourth-order valence-corrected chi connectivity index (χ4v) is 7.01. The standard InChI is InChI=1S/C31H44O11/c1-9-18(4)26(34)41-24-22(39-25(33)17(2)3)14-29(8,36)31-13-21(28(6,7)42-31)12-23(30(24,31)16-38-19(5)32)40-27(35)20-10-11-37-15-20/h10-11,15,17-18,21-24,36H,9,12-14,16H2,1-8H3/t18-,21+,22-,23-,24-,29-,30+,31-/m0/s1. The van der Waals surface area contributed by atoms with E-state index in [9.17, 15) is 24.3 Å². The summed E-state index contributed by atoms with van der Waals surface area (Å²) in [5, 5.41) is 12.3. The molecule has 1 aromatic rings. The molecule has 0 radical (unpaired) electrons. The van der Waals surface area contributed by atoms with Gasteiger partial charge in [-0.25, -0.2) is 4.79 Å². The maximum absolute atomic E-state index is 13.5. The zero-order chi connectivity index (χ0) is 31.3. The molecule has 8 atom stereocenters. The lowest BCUT2D eigenvalue weighted by Gasteiger charge is -2.64. The monoisotopic (exact) mass is 592 g/mol. The molecule has 42 heavy (non-hydrogen) atoms. The molecule has 0 unspecified atom stereocenters. The number of hydrogen-bond acceptors (Lipinski definition) is 11. The van der Waals surface area contributed by atoms with Gasteiger partial charge in [-0.05, 0) is 52.0 Å². The van der Waals surface area contributed by atoms with E-state index in [1.54, 1.807) is 27.7 Å². The molecule has 2 saturated carbocycles. The van der Waals surface area contributed by atoms with Crippen molar-refractivity contribution >= 4 is 23.9 Å². The number of esters is 4. The van der Waals surface area contributed by atoms with Gasteiger partial charge in [0.2, 0.25) is 0 Å². The summed E-state index contributed by atoms with van der Waals surface area (Å²) in [5.41, 5.74) is -5.52. The van der Waals surface area contributed by atoms with Gasteiger partial charge in [0, 0.05) is 13.3 Å². The minimum Gasteiger partial charge on any atom is -0.472 e. The number of furan rings is 1. The van der Waals surface area contributed by atoms with Crippen LogP contribution in [0, 0.1) is 23.2 Å². The zero-order valence-electron chi connectivity index (χ0n) is 25.8. The normalized spacial score (nSPS) is 35.6. The Labute approximate surface area is 246 Å². The zero-order valence-corrected chi connectivity index (χ0v) is 25.8. The third-order valence-corrected chi connectivity index (χ3v) is 9.61. The van der Waals surface area contributed by atoms with E-state index in [0.717, 1.165) is 0 Å². The van der Waals surface area contributed by atoms with Crippen molar-refractivity contribution in [3.8, 4) is 0 Å². The van der Waals surface area contributed by atoms with Crippen molar-refractivity contribution in [2.75, 3.05) is 6.61 Å². The Bertz CT molecular complexity index is 1190. The second-order valence-corrected chi connectivity index (χ2v) is 13.2. The lowest BCUT2D eigenvalue weighted by molar-refractivity contribution is -0.337. The second-order valence-electron chi connectivity index (χ2n) is 13.2. The molecule has 1 aromatic heterocycles. The van der Waals surface area contributed by atoms with E-state index >= 15 is 0 Å². The summed E-state index contributed by atoms with van der Waals surface area (Å²) in [4.78, 5) is 52.3. The van der Waals surface area contributed by atoms with E-state index in [0.29, 0.717) is 12.8 Å². The van der Waals surface area contributed by atoms with Gasteiger partial charge in [0.15, 0.2) is 6.10 Å². The highest BCUT2D eigenvalue weighted by Gasteiger charge is 2.81. The van der Waals surface area contributed by atoms with Gasteiger partial charge in [-0.2, -0.15) is 0 Å². The molecule has 0 amide bonds. The van der Waals surface area contributed by atoms with Gasteiger partial charge in [0.25, 0.3) is 0 Å². The van der Waals surface area contributed by atoms with E-state index < -0.39 is 82.8 Å². The van der Waals surface area contributed by atoms with Gasteiger partial charge >= 0.3 is 23.9 Å². The smallest absolute Gasteiger partial charge is 0.341 e. The number of fused-ring (bicyclic) bond motifs is 1. The average molecular weight is 593 g/mol. The SMILES string of the molecule is CC[C@H](C)C(=O)O[C@H]1[C@@H](OC(=O)C(C)C)C[C@](C)(O)[C@@]23C[C@@H](C[C@H](OC(=O)c4ccoc4)[C@]12COC(C)=O)C(C)(C)O3. The number of rotatable bonds is 9. The lowest BCUT2D eigenvalue weighted by Crippen LogP contribution is -2.80. The van der Waals surface area contributed by atoms with Crippen LogP contribution in [0.1, 0.15) is 91.4 Å². The minimum absolute atomic E-state index is 0.128. The summed E-state index contributed by atoms with van der Waals surface area (Å²) < 4.78 is 36.0. The van der Waals surface area contributed by atoms with Crippen LogP contribution in [0.15, 0.2) is 23.0 Å². The molecule has 2 aliphatic carbocycles. The van der Waals surface area contributed by atoms with Crippen LogP contribution in [-0.4, -0.2) is 70.7 Å². The Kier molecular flexibility index (Phi) is 8.61. The van der Waals surface area contributed by atoms with Crippen molar-refractivity contribution in [1.82, 2.24) is 0 Å². The first-order valence-corrected chi connectivity index (χ1v) is 14.7. The van der Waals surface area contributed by atoms with Crippen LogP contribution in [0.5, 0.6) is 0 Å². The van der Waals surface area contributed by atoms with Gasteiger partial charge in [-0.1, -0.05) is 27.7 Å². The first-order valence-electron chi connectivity index (χ1n) is 14.7. The Balaban J connectivity index is 1.97. The first kappa shape index (κ1) is 32.0. The molecule has 1 N–H and O–H groups in total. The molecule has 1 aliphatic heterocycles. The predicted molar refractivity (Wildman–Crippen MR) is 147 cm³/mol. The second kappa shape index (κ2) is 11.3. The molecule has 4 rings (SSSR count). The van der Waals surface area contributed by atoms with Crippen LogP contribution >= 0.6 is 0 Å². The van der Waals surface area contributed by atoms with Gasteiger partial charge in [-0.3, -0.25) is 14.4 Å². The van der Waals surface area contributed by atoms with Gasteiger partial charge in [0.1, 0.15) is 36.1 Å². The molecule has 2 heterocycles. The van der Waals surface area contributed by atoms with Crippen molar-refractivity contribution in [3.63, 3.8) is 0 Å². The topological polar surface area (TPSA) is 148 Å². The number of carbonyl (C=O) groups excluding carboxylic acids is 4. The highest BCUT2D eigenvalue weighted by atomic mass is 16.6. The molecule has 3 fully saturated rings. The third kappa shape index (κ3) is 5.23. The third-order valence-electron chi connectivity index (χ3n) is 9.61. The molecular formula is C31H44O11. The molecular weight excluding hydrogens is 548 g/mol. The molecule has 11 heteroatoms. The number of carbonyl (C=O) groups is 4. The van der Waals surface area contributed by atoms with Gasteiger partial charge < -0.3 is 33.2 Å². The van der Waals surface area contributed by atoms with Crippen molar-refractivity contribution in [1.29, 1.82) is 0 Å². The quantitative estimate of drug-likeness (QED) is 0.328. The molecule has 11 nitrogen and oxygen atoms in total. The summed E-state index contributed by atoms with van der Waals surface area (Å²) in [5.74, 6) is -3.69. The van der Waals surface area contributed by atoms with Crippen LogP contribution in [0.4, 0.5) is 0 Å². The van der Waals surface area contributed by atoms with E-state index in [4.69, 9.17) is 28.1 Å². The number of hydrogen-bond donors (Lipinski definition) is 1. The molecule has 0 aromatic carbocycles. The maximum Gasteiger partial charge on any atom is 0.341 e. The van der Waals surface area contributed by atoms with Crippen LogP contribution < -0.4 is 0 Å². The van der Waals surface area contributed by atoms with Crippen LogP contribution in [0.2, 0.25) is 0 Å². The Morgan fingerprint density at radius 1 is 1.05 bits per heavy atom. The van der Waals surface area contributed by atoms with Crippen molar-refractivity contribution < 1.29 is 52.4 Å². The fourth-order valence-electron chi connectivity index (χ4n) is 7.01. The summed E-state index contributed by atoms with van der Waals surface area (Å²) >= 11 is 0. The summed E-state index contributed by atoms with van der Waals surface area (Å²) in [7, 11) is 0. The minimum atomic E-state index is -1.69. The summed E-state index contributed by atoms with van der Waals surface area (Å²) in [6, 6.07) is 1.46. The maximum atomic E-state index is 13.5. The lowest BCUT2D eigenvalue weighted by atomic mass is 9.47. The highest BCUT2D eigenvalue weighted by molar-refractivity contribution is 5.89. The highest BCUT2D eigenvalue weighted by Crippen LogP contribution is 2.68. The Morgan fingerprint density at radius 3 is 2.31 bits per heavy atom. The van der Waals surface area contributed by atoms with Crippen molar-refractivity contribution in [2.24, 2.45) is 23.2 Å². The van der Waals surface area contributed by atoms with E-state index in [2.05, 4.69) is 0 Å². The van der Waals surface area contributed by atoms with Crippen molar-refractivity contribution in [3.05, 3.63) is 24.2 Å². The number of aliphatic hydroxyl groups is 1. The van der Waals surface area contributed by atoms with Crippen molar-refractivity contribution in [2.45, 2.75) is 116 Å².